The lowest BCUT2D eigenvalue weighted by Crippen LogP contribution is -2.39. The molecule has 0 spiro atoms. The van der Waals surface area contributed by atoms with Gasteiger partial charge in [0, 0.05) is 31.9 Å². The smallest absolute Gasteiger partial charge is 0.332 e. The molecule has 30 heavy (non-hydrogen) atoms. The van der Waals surface area contributed by atoms with Gasteiger partial charge in [-0.1, -0.05) is 44.2 Å². The van der Waals surface area contributed by atoms with Gasteiger partial charge in [0.15, 0.2) is 5.56 Å². The van der Waals surface area contributed by atoms with Gasteiger partial charge in [0.1, 0.15) is 11.9 Å². The minimum absolute atomic E-state index is 0.0765. The first kappa shape index (κ1) is 21.1. The van der Waals surface area contributed by atoms with Crippen LogP contribution in [0.25, 0.3) is 0 Å². The first-order valence-corrected chi connectivity index (χ1v) is 9.98. The van der Waals surface area contributed by atoms with Crippen LogP contribution in [0.2, 0.25) is 0 Å². The molecule has 0 aliphatic heterocycles. The van der Waals surface area contributed by atoms with Crippen LogP contribution in [0.1, 0.15) is 41.9 Å². The Morgan fingerprint density at radius 2 is 1.77 bits per heavy atom. The SMILES string of the molecule is CCc1nn(Cc2ccccc2)c(CC)c1CNc1c(C#N)c(=O)n(C)c(=O)n1C. The van der Waals surface area contributed by atoms with Crippen molar-refractivity contribution >= 4 is 5.82 Å². The number of hydrogen-bond donors (Lipinski definition) is 1. The summed E-state index contributed by atoms with van der Waals surface area (Å²) in [5.74, 6) is 0.227. The fraction of sp³-hybridized carbons (Fsp3) is 0.364. The molecule has 1 aromatic carbocycles. The zero-order valence-corrected chi connectivity index (χ0v) is 17.8. The molecule has 0 unspecified atom stereocenters. The number of aryl methyl sites for hydroxylation is 1. The largest absolute Gasteiger partial charge is 0.366 e. The number of benzene rings is 1. The summed E-state index contributed by atoms with van der Waals surface area (Å²) in [6.45, 7) is 5.17. The average molecular weight is 406 g/mol. The quantitative estimate of drug-likeness (QED) is 0.647. The third kappa shape index (κ3) is 3.79. The molecule has 1 N–H and O–H groups in total. The maximum atomic E-state index is 12.3. The number of nitrogens with zero attached hydrogens (tertiary/aromatic N) is 5. The van der Waals surface area contributed by atoms with Crippen molar-refractivity contribution in [3.05, 3.63) is 79.2 Å². The summed E-state index contributed by atoms with van der Waals surface area (Å²) < 4.78 is 4.25. The Kier molecular flexibility index (Phi) is 6.21. The lowest BCUT2D eigenvalue weighted by Gasteiger charge is -2.14. The van der Waals surface area contributed by atoms with E-state index in [-0.39, 0.29) is 11.4 Å². The van der Waals surface area contributed by atoms with E-state index in [0.29, 0.717) is 13.1 Å². The van der Waals surface area contributed by atoms with E-state index in [2.05, 4.69) is 24.4 Å². The molecular formula is C22H26N6O2. The monoisotopic (exact) mass is 406 g/mol. The van der Waals surface area contributed by atoms with Crippen LogP contribution >= 0.6 is 0 Å². The molecule has 3 rings (SSSR count). The van der Waals surface area contributed by atoms with Gasteiger partial charge in [-0.05, 0) is 18.4 Å². The van der Waals surface area contributed by atoms with Crippen LogP contribution < -0.4 is 16.6 Å². The lowest BCUT2D eigenvalue weighted by atomic mass is 10.1. The maximum absolute atomic E-state index is 12.3. The van der Waals surface area contributed by atoms with Crippen LogP contribution in [-0.2, 0) is 40.0 Å². The summed E-state index contributed by atoms with van der Waals surface area (Å²) in [7, 11) is 2.92. The summed E-state index contributed by atoms with van der Waals surface area (Å²) in [5.41, 5.74) is 3.10. The van der Waals surface area contributed by atoms with Crippen molar-refractivity contribution in [1.29, 1.82) is 5.26 Å². The van der Waals surface area contributed by atoms with Crippen LogP contribution in [0.4, 0.5) is 5.82 Å². The van der Waals surface area contributed by atoms with E-state index in [0.717, 1.165) is 39.9 Å². The van der Waals surface area contributed by atoms with E-state index in [1.165, 1.54) is 11.6 Å². The minimum Gasteiger partial charge on any atom is -0.366 e. The molecule has 0 aliphatic carbocycles. The zero-order chi connectivity index (χ0) is 21.8. The van der Waals surface area contributed by atoms with Crippen molar-refractivity contribution in [2.45, 2.75) is 39.8 Å². The summed E-state index contributed by atoms with van der Waals surface area (Å²) in [6, 6.07) is 12.1. The van der Waals surface area contributed by atoms with Crippen molar-refractivity contribution in [2.24, 2.45) is 14.1 Å². The molecule has 8 heteroatoms. The molecule has 0 saturated carbocycles. The van der Waals surface area contributed by atoms with Crippen molar-refractivity contribution in [3.8, 4) is 6.07 Å². The Balaban J connectivity index is 1.99. The number of hydrogen-bond acceptors (Lipinski definition) is 5. The normalized spacial score (nSPS) is 10.8. The van der Waals surface area contributed by atoms with Gasteiger partial charge in [-0.3, -0.25) is 18.6 Å². The summed E-state index contributed by atoms with van der Waals surface area (Å²) in [6.07, 6.45) is 1.55. The molecule has 0 amide bonds. The molecule has 0 radical (unpaired) electrons. The van der Waals surface area contributed by atoms with Gasteiger partial charge in [0.2, 0.25) is 0 Å². The van der Waals surface area contributed by atoms with Crippen molar-refractivity contribution in [3.63, 3.8) is 0 Å². The summed E-state index contributed by atoms with van der Waals surface area (Å²) >= 11 is 0. The Morgan fingerprint density at radius 1 is 1.07 bits per heavy atom. The standard InChI is InChI=1S/C22H26N6O2/c1-5-18-17(19(6-2)28(25-18)14-15-10-8-7-9-11-15)13-24-20-16(12-23)21(29)27(4)22(30)26(20)3/h7-11,24H,5-6,13-14H2,1-4H3. The van der Waals surface area contributed by atoms with Crippen LogP contribution in [0.3, 0.4) is 0 Å². The molecule has 156 valence electrons. The maximum Gasteiger partial charge on any atom is 0.332 e. The highest BCUT2D eigenvalue weighted by Crippen LogP contribution is 2.20. The number of nitriles is 1. The van der Waals surface area contributed by atoms with Gasteiger partial charge >= 0.3 is 5.69 Å². The second-order valence-corrected chi connectivity index (χ2v) is 7.12. The highest BCUT2D eigenvalue weighted by atomic mass is 16.2. The molecule has 0 saturated heterocycles. The van der Waals surface area contributed by atoms with Gasteiger partial charge in [-0.25, -0.2) is 4.79 Å². The molecule has 0 atom stereocenters. The van der Waals surface area contributed by atoms with Gasteiger partial charge in [-0.15, -0.1) is 0 Å². The lowest BCUT2D eigenvalue weighted by molar-refractivity contribution is 0.639. The highest BCUT2D eigenvalue weighted by molar-refractivity contribution is 5.52. The highest BCUT2D eigenvalue weighted by Gasteiger charge is 2.19. The molecule has 8 nitrogen and oxygen atoms in total. The predicted molar refractivity (Wildman–Crippen MR) is 115 cm³/mol. The predicted octanol–water partition coefficient (Wildman–Crippen LogP) is 1.94. The third-order valence-corrected chi connectivity index (χ3v) is 5.30. The topological polar surface area (TPSA) is 97.6 Å². The van der Waals surface area contributed by atoms with E-state index >= 15 is 0 Å². The van der Waals surface area contributed by atoms with Crippen LogP contribution in [0.5, 0.6) is 0 Å². The first-order valence-electron chi connectivity index (χ1n) is 9.98. The van der Waals surface area contributed by atoms with E-state index < -0.39 is 11.2 Å². The fourth-order valence-electron chi connectivity index (χ4n) is 3.68. The number of rotatable bonds is 7. The molecular weight excluding hydrogens is 380 g/mol. The Labute approximate surface area is 175 Å². The van der Waals surface area contributed by atoms with Crippen LogP contribution in [0, 0.1) is 11.3 Å². The Morgan fingerprint density at radius 3 is 2.37 bits per heavy atom. The second-order valence-electron chi connectivity index (χ2n) is 7.12. The van der Waals surface area contributed by atoms with E-state index in [1.54, 1.807) is 7.05 Å². The number of nitrogens with one attached hydrogen (secondary N) is 1. The molecule has 0 fully saturated rings. The molecule has 2 aromatic heterocycles. The van der Waals surface area contributed by atoms with E-state index in [9.17, 15) is 14.9 Å². The number of anilines is 1. The van der Waals surface area contributed by atoms with Crippen LogP contribution in [0.15, 0.2) is 39.9 Å². The fourth-order valence-corrected chi connectivity index (χ4v) is 3.68. The van der Waals surface area contributed by atoms with Gasteiger partial charge in [-0.2, -0.15) is 10.4 Å². The summed E-state index contributed by atoms with van der Waals surface area (Å²) in [5, 5.41) is 17.4. The summed E-state index contributed by atoms with van der Waals surface area (Å²) in [4.78, 5) is 24.6. The van der Waals surface area contributed by atoms with E-state index in [1.807, 2.05) is 35.9 Å². The number of aromatic nitrogens is 4. The minimum atomic E-state index is -0.602. The zero-order valence-electron chi connectivity index (χ0n) is 17.8. The second kappa shape index (κ2) is 8.82. The Hall–Kier alpha value is -3.60. The van der Waals surface area contributed by atoms with Crippen molar-refractivity contribution in [2.75, 3.05) is 5.32 Å². The van der Waals surface area contributed by atoms with Gasteiger partial charge in [0.05, 0.1) is 12.2 Å². The molecule has 0 aliphatic rings. The molecule has 2 heterocycles. The van der Waals surface area contributed by atoms with Crippen LogP contribution in [-0.4, -0.2) is 18.9 Å². The van der Waals surface area contributed by atoms with Crippen molar-refractivity contribution < 1.29 is 0 Å². The van der Waals surface area contributed by atoms with Gasteiger partial charge < -0.3 is 5.32 Å². The average Bonchev–Trinajstić information content (AvgIpc) is 3.10. The first-order chi connectivity index (χ1) is 14.4. The van der Waals surface area contributed by atoms with E-state index in [4.69, 9.17) is 5.10 Å². The van der Waals surface area contributed by atoms with Crippen molar-refractivity contribution in [1.82, 2.24) is 18.9 Å². The Bertz CT molecular complexity index is 1210. The van der Waals surface area contributed by atoms with Gasteiger partial charge in [0.25, 0.3) is 5.56 Å². The third-order valence-electron chi connectivity index (χ3n) is 5.30. The molecule has 0 bridgehead atoms. The molecule has 3 aromatic rings.